The standard InChI is InChI=1S/C12H24NO3.ClH/c1-10(7-6-8-13(3,4)5)12(15)16-9-11(2)14;/h7,11,14H,6,8-9H2,1-5H3;1H/q+1;. The summed E-state index contributed by atoms with van der Waals surface area (Å²) in [6.07, 6.45) is 2.12. The van der Waals surface area contributed by atoms with E-state index in [9.17, 15) is 4.79 Å². The monoisotopic (exact) mass is 266 g/mol. The lowest BCUT2D eigenvalue weighted by molar-refractivity contribution is -0.869. The Balaban J connectivity index is 0. The van der Waals surface area contributed by atoms with Crippen molar-refractivity contribution in [2.45, 2.75) is 26.4 Å². The zero-order valence-corrected chi connectivity index (χ0v) is 12.2. The number of hydrogen-bond acceptors (Lipinski definition) is 3. The van der Waals surface area contributed by atoms with E-state index in [1.54, 1.807) is 13.8 Å². The first kappa shape index (κ1) is 18.8. The third kappa shape index (κ3) is 11.7. The van der Waals surface area contributed by atoms with Crippen molar-refractivity contribution in [3.8, 4) is 0 Å². The van der Waals surface area contributed by atoms with Gasteiger partial charge in [-0.25, -0.2) is 4.79 Å². The lowest BCUT2D eigenvalue weighted by Gasteiger charge is -2.22. The molecule has 0 saturated carbocycles. The summed E-state index contributed by atoms with van der Waals surface area (Å²) in [6.45, 7) is 4.35. The fourth-order valence-electron chi connectivity index (χ4n) is 1.06. The number of ether oxygens (including phenoxy) is 1. The van der Waals surface area contributed by atoms with Gasteiger partial charge >= 0.3 is 5.97 Å². The Kier molecular flexibility index (Phi) is 9.39. The van der Waals surface area contributed by atoms with Crippen LogP contribution in [0.5, 0.6) is 0 Å². The molecule has 0 bridgehead atoms. The van der Waals surface area contributed by atoms with Crippen LogP contribution in [0.2, 0.25) is 0 Å². The SMILES string of the molecule is CC(=CCC[N+](C)(C)C)C(=O)OCC(C)O.Cl. The van der Waals surface area contributed by atoms with Gasteiger partial charge in [0.2, 0.25) is 0 Å². The van der Waals surface area contributed by atoms with Crippen LogP contribution >= 0.6 is 12.4 Å². The number of carbonyl (C=O) groups excluding carboxylic acids is 1. The summed E-state index contributed by atoms with van der Waals surface area (Å²) in [4.78, 5) is 11.4. The van der Waals surface area contributed by atoms with Gasteiger partial charge in [0.1, 0.15) is 6.61 Å². The van der Waals surface area contributed by atoms with Gasteiger partial charge in [-0.15, -0.1) is 12.4 Å². The first-order chi connectivity index (χ1) is 7.22. The van der Waals surface area contributed by atoms with Gasteiger partial charge in [0.05, 0.1) is 33.8 Å². The highest BCUT2D eigenvalue weighted by molar-refractivity contribution is 5.87. The highest BCUT2D eigenvalue weighted by Crippen LogP contribution is 2.02. The van der Waals surface area contributed by atoms with E-state index in [2.05, 4.69) is 21.1 Å². The second-order valence-corrected chi connectivity index (χ2v) is 5.14. The van der Waals surface area contributed by atoms with Crippen LogP contribution in [0, 0.1) is 0 Å². The van der Waals surface area contributed by atoms with Gasteiger partial charge < -0.3 is 14.3 Å². The van der Waals surface area contributed by atoms with E-state index in [1.807, 2.05) is 6.08 Å². The second kappa shape index (κ2) is 8.50. The summed E-state index contributed by atoms with van der Waals surface area (Å²) in [5.41, 5.74) is 0.606. The Morgan fingerprint density at radius 3 is 2.35 bits per heavy atom. The molecule has 0 radical (unpaired) electrons. The Hall–Kier alpha value is -0.580. The van der Waals surface area contributed by atoms with E-state index in [0.717, 1.165) is 17.4 Å². The molecule has 0 fully saturated rings. The molecular weight excluding hydrogens is 242 g/mol. The highest BCUT2D eigenvalue weighted by atomic mass is 35.5. The summed E-state index contributed by atoms with van der Waals surface area (Å²) in [6, 6.07) is 0. The number of rotatable bonds is 6. The Morgan fingerprint density at radius 1 is 1.41 bits per heavy atom. The van der Waals surface area contributed by atoms with Crippen molar-refractivity contribution in [3.63, 3.8) is 0 Å². The predicted molar refractivity (Wildman–Crippen MR) is 71.2 cm³/mol. The quantitative estimate of drug-likeness (QED) is 0.449. The van der Waals surface area contributed by atoms with E-state index in [4.69, 9.17) is 9.84 Å². The van der Waals surface area contributed by atoms with Crippen LogP contribution in [0.15, 0.2) is 11.6 Å². The van der Waals surface area contributed by atoms with Gasteiger partial charge in [-0.05, 0) is 13.8 Å². The lowest BCUT2D eigenvalue weighted by Crippen LogP contribution is -2.35. The minimum Gasteiger partial charge on any atom is -0.460 e. The van der Waals surface area contributed by atoms with Gasteiger partial charge in [-0.2, -0.15) is 0 Å². The predicted octanol–water partition coefficient (Wildman–Crippen LogP) is 1.37. The van der Waals surface area contributed by atoms with Gasteiger partial charge in [-0.1, -0.05) is 6.08 Å². The molecule has 0 aromatic carbocycles. The van der Waals surface area contributed by atoms with Crippen LogP contribution in [0.25, 0.3) is 0 Å². The number of nitrogens with zero attached hydrogens (tertiary/aromatic N) is 1. The molecule has 5 heteroatoms. The van der Waals surface area contributed by atoms with Gasteiger partial charge in [-0.3, -0.25) is 0 Å². The topological polar surface area (TPSA) is 46.5 Å². The van der Waals surface area contributed by atoms with Crippen LogP contribution in [-0.2, 0) is 9.53 Å². The molecule has 0 spiro atoms. The minimum absolute atomic E-state index is 0. The van der Waals surface area contributed by atoms with E-state index >= 15 is 0 Å². The maximum Gasteiger partial charge on any atom is 0.333 e. The molecule has 0 aliphatic heterocycles. The lowest BCUT2D eigenvalue weighted by atomic mass is 10.2. The number of quaternary nitrogens is 1. The fraction of sp³-hybridized carbons (Fsp3) is 0.750. The molecule has 1 unspecified atom stereocenters. The summed E-state index contributed by atoms with van der Waals surface area (Å²) in [5, 5.41) is 8.97. The zero-order valence-electron chi connectivity index (χ0n) is 11.4. The summed E-state index contributed by atoms with van der Waals surface area (Å²) >= 11 is 0. The number of halogens is 1. The molecule has 0 amide bonds. The molecule has 0 saturated heterocycles. The third-order valence-electron chi connectivity index (χ3n) is 2.03. The summed E-state index contributed by atoms with van der Waals surface area (Å²) < 4.78 is 5.75. The van der Waals surface area contributed by atoms with Crippen molar-refractivity contribution in [1.29, 1.82) is 0 Å². The number of aliphatic hydroxyl groups is 1. The largest absolute Gasteiger partial charge is 0.460 e. The normalized spacial score (nSPS) is 13.9. The van der Waals surface area contributed by atoms with Crippen LogP contribution < -0.4 is 0 Å². The number of esters is 1. The first-order valence-electron chi connectivity index (χ1n) is 5.55. The van der Waals surface area contributed by atoms with E-state index in [0.29, 0.717) is 5.57 Å². The molecule has 0 aromatic rings. The number of carbonyl (C=O) groups is 1. The minimum atomic E-state index is -0.608. The molecule has 1 N–H and O–H groups in total. The Morgan fingerprint density at radius 2 is 1.94 bits per heavy atom. The van der Waals surface area contributed by atoms with Crippen molar-refractivity contribution >= 4 is 18.4 Å². The van der Waals surface area contributed by atoms with Gasteiger partial charge in [0, 0.05) is 12.0 Å². The molecule has 4 nitrogen and oxygen atoms in total. The van der Waals surface area contributed by atoms with Crippen molar-refractivity contribution in [3.05, 3.63) is 11.6 Å². The molecule has 17 heavy (non-hydrogen) atoms. The van der Waals surface area contributed by atoms with Crippen molar-refractivity contribution < 1.29 is 19.1 Å². The molecule has 0 heterocycles. The maximum atomic E-state index is 11.4. The molecule has 1 atom stereocenters. The Bertz CT molecular complexity index is 257. The van der Waals surface area contributed by atoms with E-state index in [1.165, 1.54) is 0 Å². The number of aliphatic hydroxyl groups excluding tert-OH is 1. The van der Waals surface area contributed by atoms with E-state index in [-0.39, 0.29) is 25.0 Å². The van der Waals surface area contributed by atoms with Crippen LogP contribution in [0.3, 0.4) is 0 Å². The second-order valence-electron chi connectivity index (χ2n) is 5.14. The molecule has 0 aromatic heterocycles. The average Bonchev–Trinajstić information content (AvgIpc) is 2.11. The smallest absolute Gasteiger partial charge is 0.333 e. The first-order valence-corrected chi connectivity index (χ1v) is 5.55. The average molecular weight is 267 g/mol. The third-order valence-corrected chi connectivity index (χ3v) is 2.03. The van der Waals surface area contributed by atoms with Crippen molar-refractivity contribution in [1.82, 2.24) is 0 Å². The van der Waals surface area contributed by atoms with Gasteiger partial charge in [0.15, 0.2) is 0 Å². The van der Waals surface area contributed by atoms with Gasteiger partial charge in [0.25, 0.3) is 0 Å². The molecular formula is C12H25ClNO3+. The zero-order chi connectivity index (χ0) is 12.8. The summed E-state index contributed by atoms with van der Waals surface area (Å²) in [7, 11) is 6.32. The van der Waals surface area contributed by atoms with E-state index < -0.39 is 6.10 Å². The molecule has 102 valence electrons. The van der Waals surface area contributed by atoms with Crippen molar-refractivity contribution in [2.75, 3.05) is 34.3 Å². The highest BCUT2D eigenvalue weighted by Gasteiger charge is 2.09. The molecule has 0 aliphatic rings. The number of hydrogen-bond donors (Lipinski definition) is 1. The molecule has 0 aliphatic carbocycles. The van der Waals surface area contributed by atoms with Crippen LogP contribution in [-0.4, -0.2) is 56.0 Å². The van der Waals surface area contributed by atoms with Crippen molar-refractivity contribution in [2.24, 2.45) is 0 Å². The van der Waals surface area contributed by atoms with Crippen LogP contribution in [0.1, 0.15) is 20.3 Å². The fourth-order valence-corrected chi connectivity index (χ4v) is 1.06. The summed E-state index contributed by atoms with van der Waals surface area (Å²) in [5.74, 6) is -0.345. The molecule has 0 rings (SSSR count). The maximum absolute atomic E-state index is 11.4. The van der Waals surface area contributed by atoms with Crippen LogP contribution in [0.4, 0.5) is 0 Å². The Labute approximate surface area is 110 Å².